The van der Waals surface area contributed by atoms with E-state index in [2.05, 4.69) is 4.98 Å². The molecule has 0 saturated heterocycles. The molecule has 84 valence electrons. The third-order valence-electron chi connectivity index (χ3n) is 1.93. The Bertz CT molecular complexity index is 284. The van der Waals surface area contributed by atoms with Crippen LogP contribution in [0.5, 0.6) is 0 Å². The van der Waals surface area contributed by atoms with Gasteiger partial charge in [0.15, 0.2) is 0 Å². The highest BCUT2D eigenvalue weighted by Gasteiger charge is 2.28. The van der Waals surface area contributed by atoms with Gasteiger partial charge >= 0.3 is 6.18 Å². The lowest BCUT2D eigenvalue weighted by molar-refractivity contribution is -0.142. The summed E-state index contributed by atoms with van der Waals surface area (Å²) in [6.45, 7) is -0.518. The smallest absolute Gasteiger partial charge is 0.298 e. The molecule has 0 atom stereocenters. The maximum atomic E-state index is 12.0. The molecule has 0 N–H and O–H groups in total. The molecular weight excluding hydrogens is 205 g/mol. The van der Waals surface area contributed by atoms with Gasteiger partial charge in [-0.2, -0.15) is 13.2 Å². The zero-order valence-electron chi connectivity index (χ0n) is 8.46. The number of rotatable bonds is 4. The Morgan fingerprint density at radius 2 is 2.07 bits per heavy atom. The van der Waals surface area contributed by atoms with Gasteiger partial charge in [-0.3, -0.25) is 9.88 Å². The minimum Gasteiger partial charge on any atom is -0.298 e. The molecule has 0 aliphatic rings. The van der Waals surface area contributed by atoms with Gasteiger partial charge in [-0.25, -0.2) is 0 Å². The zero-order chi connectivity index (χ0) is 11.3. The van der Waals surface area contributed by atoms with Crippen LogP contribution in [0.15, 0.2) is 24.4 Å². The lowest BCUT2D eigenvalue weighted by Crippen LogP contribution is -2.32. The number of likely N-dealkylation sites (N-methyl/N-ethyl adjacent to an activating group) is 1. The van der Waals surface area contributed by atoms with E-state index < -0.39 is 12.7 Å². The number of halogens is 3. The van der Waals surface area contributed by atoms with Gasteiger partial charge in [-0.05, 0) is 19.2 Å². The molecule has 15 heavy (non-hydrogen) atoms. The first-order valence-electron chi connectivity index (χ1n) is 4.62. The average molecular weight is 218 g/mol. The normalized spacial score (nSPS) is 12.1. The van der Waals surface area contributed by atoms with E-state index in [9.17, 15) is 13.2 Å². The van der Waals surface area contributed by atoms with Gasteiger partial charge in [0.25, 0.3) is 0 Å². The molecular formula is C10H13F3N2. The van der Waals surface area contributed by atoms with E-state index in [1.807, 2.05) is 6.07 Å². The first-order valence-corrected chi connectivity index (χ1v) is 4.62. The molecule has 0 aliphatic carbocycles. The molecule has 0 aromatic carbocycles. The van der Waals surface area contributed by atoms with Crippen LogP contribution in [-0.2, 0) is 6.42 Å². The van der Waals surface area contributed by atoms with Crippen molar-refractivity contribution in [1.29, 1.82) is 0 Å². The highest BCUT2D eigenvalue weighted by Crippen LogP contribution is 2.15. The van der Waals surface area contributed by atoms with Crippen LogP contribution >= 0.6 is 0 Å². The van der Waals surface area contributed by atoms with E-state index >= 15 is 0 Å². The Balaban J connectivity index is 2.32. The van der Waals surface area contributed by atoms with Crippen LogP contribution in [0, 0.1) is 0 Å². The van der Waals surface area contributed by atoms with Crippen molar-refractivity contribution in [3.63, 3.8) is 0 Å². The number of pyridine rings is 1. The van der Waals surface area contributed by atoms with Crippen molar-refractivity contribution in [2.75, 3.05) is 20.1 Å². The minimum atomic E-state index is -4.13. The van der Waals surface area contributed by atoms with Gasteiger partial charge in [0, 0.05) is 24.9 Å². The molecule has 1 heterocycles. The fraction of sp³-hybridized carbons (Fsp3) is 0.500. The predicted octanol–water partition coefficient (Wildman–Crippen LogP) is 2.12. The third kappa shape index (κ3) is 5.37. The monoisotopic (exact) mass is 218 g/mol. The predicted molar refractivity (Wildman–Crippen MR) is 51.5 cm³/mol. The second-order valence-corrected chi connectivity index (χ2v) is 3.42. The zero-order valence-corrected chi connectivity index (χ0v) is 8.46. The van der Waals surface area contributed by atoms with Gasteiger partial charge in [0.2, 0.25) is 0 Å². The molecule has 2 nitrogen and oxygen atoms in total. The summed E-state index contributed by atoms with van der Waals surface area (Å²) in [6, 6.07) is 5.41. The summed E-state index contributed by atoms with van der Waals surface area (Å²) >= 11 is 0. The molecule has 1 rings (SSSR count). The van der Waals surface area contributed by atoms with Crippen molar-refractivity contribution < 1.29 is 13.2 Å². The van der Waals surface area contributed by atoms with E-state index in [1.54, 1.807) is 18.3 Å². The summed E-state index contributed by atoms with van der Waals surface area (Å²) in [4.78, 5) is 5.28. The first kappa shape index (κ1) is 12.0. The quantitative estimate of drug-likeness (QED) is 0.769. The molecule has 0 aliphatic heterocycles. The topological polar surface area (TPSA) is 16.1 Å². The van der Waals surface area contributed by atoms with Crippen LogP contribution < -0.4 is 0 Å². The summed E-state index contributed by atoms with van der Waals surface area (Å²) in [5, 5.41) is 0. The Hall–Kier alpha value is -1.10. The lowest BCUT2D eigenvalue weighted by Gasteiger charge is -2.17. The van der Waals surface area contributed by atoms with Crippen molar-refractivity contribution >= 4 is 0 Å². The van der Waals surface area contributed by atoms with Gasteiger partial charge in [0.1, 0.15) is 0 Å². The molecule has 0 saturated carbocycles. The summed E-state index contributed by atoms with van der Waals surface area (Å²) in [7, 11) is 1.45. The third-order valence-corrected chi connectivity index (χ3v) is 1.93. The largest absolute Gasteiger partial charge is 0.401 e. The number of hydrogen-bond donors (Lipinski definition) is 0. The van der Waals surface area contributed by atoms with E-state index in [0.29, 0.717) is 13.0 Å². The van der Waals surface area contributed by atoms with Crippen LogP contribution in [0.25, 0.3) is 0 Å². The highest BCUT2D eigenvalue weighted by molar-refractivity contribution is 5.03. The van der Waals surface area contributed by atoms with E-state index in [0.717, 1.165) is 5.69 Å². The molecule has 0 spiro atoms. The van der Waals surface area contributed by atoms with Gasteiger partial charge < -0.3 is 0 Å². The second-order valence-electron chi connectivity index (χ2n) is 3.42. The van der Waals surface area contributed by atoms with Crippen LogP contribution in [0.1, 0.15) is 5.69 Å². The Morgan fingerprint density at radius 3 is 2.60 bits per heavy atom. The molecule has 0 fully saturated rings. The highest BCUT2D eigenvalue weighted by atomic mass is 19.4. The molecule has 1 aromatic rings. The lowest BCUT2D eigenvalue weighted by atomic mass is 10.2. The van der Waals surface area contributed by atoms with Crippen molar-refractivity contribution in [3.05, 3.63) is 30.1 Å². The Morgan fingerprint density at radius 1 is 1.33 bits per heavy atom. The first-order chi connectivity index (χ1) is 6.97. The molecule has 0 bridgehead atoms. The van der Waals surface area contributed by atoms with E-state index in [-0.39, 0.29) is 0 Å². The van der Waals surface area contributed by atoms with E-state index in [4.69, 9.17) is 0 Å². The van der Waals surface area contributed by atoms with Crippen molar-refractivity contribution in [3.8, 4) is 0 Å². The summed E-state index contributed by atoms with van der Waals surface area (Å²) in [5.41, 5.74) is 0.812. The van der Waals surface area contributed by atoms with Gasteiger partial charge in [0.05, 0.1) is 6.54 Å². The van der Waals surface area contributed by atoms with Crippen LogP contribution in [-0.4, -0.2) is 36.2 Å². The number of aromatic nitrogens is 1. The maximum absolute atomic E-state index is 12.0. The maximum Gasteiger partial charge on any atom is 0.401 e. The number of alkyl halides is 3. The Labute approximate surface area is 86.7 Å². The van der Waals surface area contributed by atoms with Gasteiger partial charge in [-0.15, -0.1) is 0 Å². The van der Waals surface area contributed by atoms with Crippen LogP contribution in [0.2, 0.25) is 0 Å². The number of nitrogens with zero attached hydrogens (tertiary/aromatic N) is 2. The molecule has 0 radical (unpaired) electrons. The summed E-state index contributed by atoms with van der Waals surface area (Å²) in [5.74, 6) is 0. The Kier molecular flexibility index (Phi) is 4.08. The van der Waals surface area contributed by atoms with Crippen molar-refractivity contribution in [2.45, 2.75) is 12.6 Å². The van der Waals surface area contributed by atoms with Gasteiger partial charge in [-0.1, -0.05) is 6.07 Å². The fourth-order valence-corrected chi connectivity index (χ4v) is 1.24. The molecule has 0 unspecified atom stereocenters. The van der Waals surface area contributed by atoms with Crippen molar-refractivity contribution in [2.24, 2.45) is 0 Å². The molecule has 1 aromatic heterocycles. The SMILES string of the molecule is CN(CCc1ccccn1)CC(F)(F)F. The number of hydrogen-bond acceptors (Lipinski definition) is 2. The summed E-state index contributed by atoms with van der Waals surface area (Å²) < 4.78 is 35.9. The average Bonchev–Trinajstić information content (AvgIpc) is 2.14. The summed E-state index contributed by atoms with van der Waals surface area (Å²) in [6.07, 6.45) is -1.95. The van der Waals surface area contributed by atoms with Crippen LogP contribution in [0.4, 0.5) is 13.2 Å². The standard InChI is InChI=1S/C10H13F3N2/c1-15(8-10(11,12)13)7-5-9-4-2-3-6-14-9/h2-4,6H,5,7-8H2,1H3. The molecule has 5 heteroatoms. The van der Waals surface area contributed by atoms with Crippen LogP contribution in [0.3, 0.4) is 0 Å². The van der Waals surface area contributed by atoms with E-state index in [1.165, 1.54) is 11.9 Å². The molecule has 0 amide bonds. The second kappa shape index (κ2) is 5.11. The fourth-order valence-electron chi connectivity index (χ4n) is 1.24. The van der Waals surface area contributed by atoms with Crippen molar-refractivity contribution in [1.82, 2.24) is 9.88 Å². The minimum absolute atomic E-state index is 0.358.